The standard InChI is InChI=1S/C12H22N4O/c1-4-10(13)9-16-12(17)7-11(8-14-16)15(5-2)6-3/h7-8,10H,4-6,9,13H2,1-3H3. The van der Waals surface area contributed by atoms with Gasteiger partial charge in [0, 0.05) is 25.2 Å². The van der Waals surface area contributed by atoms with Gasteiger partial charge in [0.25, 0.3) is 5.56 Å². The Bertz CT molecular complexity index is 398. The van der Waals surface area contributed by atoms with Gasteiger partial charge < -0.3 is 10.6 Å². The maximum Gasteiger partial charge on any atom is 0.268 e. The quantitative estimate of drug-likeness (QED) is 0.797. The molecule has 1 aromatic rings. The van der Waals surface area contributed by atoms with Gasteiger partial charge in [-0.1, -0.05) is 6.92 Å². The van der Waals surface area contributed by atoms with Crippen LogP contribution in [0.2, 0.25) is 0 Å². The molecule has 5 heteroatoms. The SMILES string of the molecule is CCC(N)Cn1ncc(N(CC)CC)cc1=O. The minimum Gasteiger partial charge on any atom is -0.371 e. The molecule has 96 valence electrons. The minimum atomic E-state index is -0.0849. The van der Waals surface area contributed by atoms with Crippen molar-refractivity contribution in [3.05, 3.63) is 22.6 Å². The van der Waals surface area contributed by atoms with Crippen LogP contribution in [0.1, 0.15) is 27.2 Å². The van der Waals surface area contributed by atoms with E-state index in [1.54, 1.807) is 12.3 Å². The van der Waals surface area contributed by atoms with Crippen LogP contribution in [-0.4, -0.2) is 28.9 Å². The first-order chi connectivity index (χ1) is 8.12. The van der Waals surface area contributed by atoms with Gasteiger partial charge in [-0.3, -0.25) is 4.79 Å². The van der Waals surface area contributed by atoms with Gasteiger partial charge in [0.2, 0.25) is 0 Å². The Morgan fingerprint density at radius 3 is 2.53 bits per heavy atom. The lowest BCUT2D eigenvalue weighted by Gasteiger charge is -2.20. The number of anilines is 1. The van der Waals surface area contributed by atoms with E-state index in [1.807, 2.05) is 6.92 Å². The average Bonchev–Trinajstić information content (AvgIpc) is 2.33. The van der Waals surface area contributed by atoms with E-state index in [9.17, 15) is 4.79 Å². The average molecular weight is 238 g/mol. The van der Waals surface area contributed by atoms with E-state index in [0.29, 0.717) is 6.54 Å². The van der Waals surface area contributed by atoms with Crippen molar-refractivity contribution in [2.45, 2.75) is 39.8 Å². The highest BCUT2D eigenvalue weighted by atomic mass is 16.1. The Morgan fingerprint density at radius 2 is 2.06 bits per heavy atom. The monoisotopic (exact) mass is 238 g/mol. The summed E-state index contributed by atoms with van der Waals surface area (Å²) in [5, 5.41) is 4.17. The molecule has 1 heterocycles. The summed E-state index contributed by atoms with van der Waals surface area (Å²) in [5.41, 5.74) is 6.61. The van der Waals surface area contributed by atoms with Crippen LogP contribution in [0, 0.1) is 0 Å². The van der Waals surface area contributed by atoms with Crippen molar-refractivity contribution < 1.29 is 0 Å². The highest BCUT2D eigenvalue weighted by Gasteiger charge is 2.07. The minimum absolute atomic E-state index is 0.0143. The van der Waals surface area contributed by atoms with Gasteiger partial charge >= 0.3 is 0 Å². The van der Waals surface area contributed by atoms with E-state index >= 15 is 0 Å². The van der Waals surface area contributed by atoms with Crippen LogP contribution >= 0.6 is 0 Å². The lowest BCUT2D eigenvalue weighted by molar-refractivity contribution is 0.480. The first-order valence-electron chi connectivity index (χ1n) is 6.20. The molecule has 0 aliphatic heterocycles. The Kier molecular flexibility index (Phi) is 5.15. The van der Waals surface area contributed by atoms with Crippen molar-refractivity contribution in [2.75, 3.05) is 18.0 Å². The Labute approximate surface area is 102 Å². The summed E-state index contributed by atoms with van der Waals surface area (Å²) >= 11 is 0. The zero-order chi connectivity index (χ0) is 12.8. The van der Waals surface area contributed by atoms with Gasteiger partial charge in [-0.2, -0.15) is 5.10 Å². The molecule has 0 radical (unpaired) electrons. The van der Waals surface area contributed by atoms with Gasteiger partial charge in [-0.15, -0.1) is 0 Å². The third-order valence-corrected chi connectivity index (χ3v) is 2.92. The highest BCUT2D eigenvalue weighted by molar-refractivity contribution is 5.42. The number of nitrogens with two attached hydrogens (primary N) is 1. The molecule has 0 aromatic carbocycles. The summed E-state index contributed by atoms with van der Waals surface area (Å²) in [6.07, 6.45) is 2.57. The van der Waals surface area contributed by atoms with Crippen LogP contribution in [0.15, 0.2) is 17.1 Å². The normalized spacial score (nSPS) is 12.5. The van der Waals surface area contributed by atoms with E-state index in [4.69, 9.17) is 5.73 Å². The molecule has 0 bridgehead atoms. The molecule has 1 unspecified atom stereocenters. The van der Waals surface area contributed by atoms with Crippen molar-refractivity contribution in [1.29, 1.82) is 0 Å². The van der Waals surface area contributed by atoms with Crippen molar-refractivity contribution in [1.82, 2.24) is 9.78 Å². The van der Waals surface area contributed by atoms with Crippen LogP contribution in [0.5, 0.6) is 0 Å². The second-order valence-corrected chi connectivity index (χ2v) is 4.07. The van der Waals surface area contributed by atoms with Gasteiger partial charge in [-0.05, 0) is 20.3 Å². The topological polar surface area (TPSA) is 64.2 Å². The van der Waals surface area contributed by atoms with Crippen molar-refractivity contribution in [3.8, 4) is 0 Å². The molecule has 0 fully saturated rings. The predicted molar refractivity (Wildman–Crippen MR) is 70.3 cm³/mol. The fraction of sp³-hybridized carbons (Fsp3) is 0.667. The first kappa shape index (κ1) is 13.7. The first-order valence-corrected chi connectivity index (χ1v) is 6.20. The third kappa shape index (κ3) is 3.56. The van der Waals surface area contributed by atoms with Gasteiger partial charge in [0.05, 0.1) is 18.4 Å². The number of hydrogen-bond donors (Lipinski definition) is 1. The van der Waals surface area contributed by atoms with Crippen LogP contribution in [0.25, 0.3) is 0 Å². The molecule has 5 nitrogen and oxygen atoms in total. The number of aromatic nitrogens is 2. The molecule has 1 aromatic heterocycles. The zero-order valence-corrected chi connectivity index (χ0v) is 10.9. The fourth-order valence-corrected chi connectivity index (χ4v) is 1.67. The predicted octanol–water partition coefficient (Wildman–Crippen LogP) is 0.827. The molecule has 0 aliphatic carbocycles. The molecular weight excluding hydrogens is 216 g/mol. The Balaban J connectivity index is 2.90. The summed E-state index contributed by atoms with van der Waals surface area (Å²) in [6, 6.07) is 1.61. The molecule has 0 amide bonds. The largest absolute Gasteiger partial charge is 0.371 e. The summed E-state index contributed by atoms with van der Waals surface area (Å²) in [6.45, 7) is 8.34. The molecule has 17 heavy (non-hydrogen) atoms. The summed E-state index contributed by atoms with van der Waals surface area (Å²) in [4.78, 5) is 13.9. The molecule has 1 rings (SSSR count). The second kappa shape index (κ2) is 6.39. The van der Waals surface area contributed by atoms with Crippen LogP contribution in [-0.2, 0) is 6.54 Å². The van der Waals surface area contributed by atoms with Crippen LogP contribution in [0.3, 0.4) is 0 Å². The lowest BCUT2D eigenvalue weighted by atomic mass is 10.2. The maximum atomic E-state index is 11.8. The van der Waals surface area contributed by atoms with Gasteiger partial charge in [-0.25, -0.2) is 4.68 Å². The van der Waals surface area contributed by atoms with E-state index < -0.39 is 0 Å². The van der Waals surface area contributed by atoms with Gasteiger partial charge in [0.1, 0.15) is 0 Å². The van der Waals surface area contributed by atoms with Crippen LogP contribution < -0.4 is 16.2 Å². The fourth-order valence-electron chi connectivity index (χ4n) is 1.67. The Hall–Kier alpha value is -1.36. The molecular formula is C12H22N4O. The smallest absolute Gasteiger partial charge is 0.268 e. The summed E-state index contributed by atoms with van der Waals surface area (Å²) in [5.74, 6) is 0. The van der Waals surface area contributed by atoms with Crippen molar-refractivity contribution >= 4 is 5.69 Å². The molecule has 0 saturated heterocycles. The Morgan fingerprint density at radius 1 is 1.41 bits per heavy atom. The summed E-state index contributed by atoms with van der Waals surface area (Å²) < 4.78 is 1.43. The maximum absolute atomic E-state index is 11.8. The van der Waals surface area contributed by atoms with Crippen molar-refractivity contribution in [2.24, 2.45) is 5.73 Å². The summed E-state index contributed by atoms with van der Waals surface area (Å²) in [7, 11) is 0. The van der Waals surface area contributed by atoms with Gasteiger partial charge in [0.15, 0.2) is 0 Å². The molecule has 1 atom stereocenters. The molecule has 0 saturated carbocycles. The van der Waals surface area contributed by atoms with E-state index in [2.05, 4.69) is 23.8 Å². The highest BCUT2D eigenvalue weighted by Crippen LogP contribution is 2.08. The van der Waals surface area contributed by atoms with E-state index in [-0.39, 0.29) is 11.6 Å². The third-order valence-electron chi connectivity index (χ3n) is 2.92. The number of rotatable bonds is 6. The molecule has 0 aliphatic rings. The number of hydrogen-bond acceptors (Lipinski definition) is 4. The number of nitrogens with zero attached hydrogens (tertiary/aromatic N) is 3. The molecule has 2 N–H and O–H groups in total. The van der Waals surface area contributed by atoms with E-state index in [0.717, 1.165) is 25.2 Å². The van der Waals surface area contributed by atoms with E-state index in [1.165, 1.54) is 4.68 Å². The lowest BCUT2D eigenvalue weighted by Crippen LogP contribution is -2.34. The zero-order valence-electron chi connectivity index (χ0n) is 10.9. The van der Waals surface area contributed by atoms with Crippen molar-refractivity contribution in [3.63, 3.8) is 0 Å². The molecule has 0 spiro atoms. The van der Waals surface area contributed by atoms with Crippen LogP contribution in [0.4, 0.5) is 5.69 Å². The second-order valence-electron chi connectivity index (χ2n) is 4.07.